The third kappa shape index (κ3) is 10.7. The molecule has 0 saturated carbocycles. The number of hydrogen-bond acceptors (Lipinski definition) is 2. The van der Waals surface area contributed by atoms with E-state index < -0.39 is 0 Å². The van der Waals surface area contributed by atoms with Crippen LogP contribution in [0.15, 0.2) is 121 Å². The second-order valence-electron chi connectivity index (χ2n) is 23.1. The van der Waals surface area contributed by atoms with E-state index in [1.54, 1.807) is 0 Å². The first-order chi connectivity index (χ1) is 32.1. The van der Waals surface area contributed by atoms with Crippen LogP contribution < -0.4 is 0 Å². The summed E-state index contributed by atoms with van der Waals surface area (Å²) in [6, 6.07) is 45.0. The highest BCUT2D eigenvalue weighted by molar-refractivity contribution is 6.00. The Kier molecular flexibility index (Phi) is 12.1. The molecule has 2 N–H and O–H groups in total. The van der Waals surface area contributed by atoms with E-state index in [-0.39, 0.29) is 0 Å². The zero-order valence-electron chi connectivity index (χ0n) is 42.4. The maximum atomic E-state index is 5.62. The molecular weight excluding hydrogens is 833 g/mol. The van der Waals surface area contributed by atoms with Crippen molar-refractivity contribution in [3.05, 3.63) is 166 Å². The molecule has 0 saturated heterocycles. The number of fused-ring (bicyclic) bond motifs is 8. The number of rotatable bonds is 12. The van der Waals surface area contributed by atoms with Crippen molar-refractivity contribution < 1.29 is 17.9 Å². The number of hydrogen-bond donors (Lipinski definition) is 2. The van der Waals surface area contributed by atoms with Crippen LogP contribution in [0.1, 0.15) is 45.0 Å². The molecule has 8 bridgehead atoms. The summed E-state index contributed by atoms with van der Waals surface area (Å²) < 4.78 is 3.31. The molecule has 0 fully saturated rings. The van der Waals surface area contributed by atoms with Gasteiger partial charge in [-0.1, -0.05) is 72.8 Å². The third-order valence-corrected chi connectivity index (χ3v) is 12.2. The normalized spacial score (nSPS) is 13.1. The van der Waals surface area contributed by atoms with Gasteiger partial charge in [0.25, 0.3) is 0 Å². The van der Waals surface area contributed by atoms with Gasteiger partial charge in [0.15, 0.2) is 0 Å². The fourth-order valence-corrected chi connectivity index (χ4v) is 9.91. The first kappa shape index (κ1) is 46.4. The van der Waals surface area contributed by atoms with Gasteiger partial charge < -0.3 is 27.9 Å². The molecular formula is C60H70N8+4. The molecule has 9 rings (SSSR count). The lowest BCUT2D eigenvalue weighted by atomic mass is 9.99. The number of aromatic amines is 2. The topological polar surface area (TPSA) is 57.4 Å². The number of H-pyrrole nitrogens is 2. The van der Waals surface area contributed by atoms with Crippen LogP contribution in [0.4, 0.5) is 0 Å². The first-order valence-electron chi connectivity index (χ1n) is 23.9. The van der Waals surface area contributed by atoms with Crippen molar-refractivity contribution in [2.75, 3.05) is 84.6 Å². The van der Waals surface area contributed by atoms with E-state index in [1.807, 2.05) is 0 Å². The Labute approximate surface area is 404 Å². The predicted molar refractivity (Wildman–Crippen MR) is 288 cm³/mol. The lowest BCUT2D eigenvalue weighted by Gasteiger charge is -2.24. The molecule has 0 atom stereocenters. The van der Waals surface area contributed by atoms with Gasteiger partial charge in [0.2, 0.25) is 0 Å². The minimum absolute atomic E-state index is 0.824. The summed E-state index contributed by atoms with van der Waals surface area (Å²) in [5, 5.41) is 0. The van der Waals surface area contributed by atoms with Gasteiger partial charge in [0, 0.05) is 66.6 Å². The third-order valence-electron chi connectivity index (χ3n) is 12.2. The molecule has 2 aliphatic heterocycles. The van der Waals surface area contributed by atoms with Crippen molar-refractivity contribution in [1.82, 2.24) is 19.9 Å². The monoisotopic (exact) mass is 903 g/mol. The molecule has 346 valence electrons. The maximum Gasteiger partial charge on any atom is 0.104 e. The summed E-state index contributed by atoms with van der Waals surface area (Å²) in [6.07, 6.45) is 8.77. The molecule has 7 aromatic rings. The number of aromatic nitrogens is 4. The first-order valence-corrected chi connectivity index (χ1v) is 23.9. The minimum Gasteiger partial charge on any atom is -0.354 e. The minimum atomic E-state index is 0.824. The maximum absolute atomic E-state index is 5.62. The summed E-state index contributed by atoms with van der Waals surface area (Å²) in [7, 11) is 26.9. The smallest absolute Gasteiger partial charge is 0.104 e. The van der Waals surface area contributed by atoms with Gasteiger partial charge in [-0.2, -0.15) is 0 Å². The number of benzene rings is 4. The van der Waals surface area contributed by atoms with E-state index in [9.17, 15) is 0 Å². The van der Waals surface area contributed by atoms with Gasteiger partial charge in [-0.15, -0.1) is 0 Å². The summed E-state index contributed by atoms with van der Waals surface area (Å²) in [4.78, 5) is 19.2. The van der Waals surface area contributed by atoms with Gasteiger partial charge in [-0.05, 0) is 95.1 Å². The highest BCUT2D eigenvalue weighted by atomic mass is 15.3. The van der Waals surface area contributed by atoms with E-state index in [0.717, 1.165) is 133 Å². The molecule has 4 aromatic carbocycles. The average molecular weight is 903 g/mol. The number of nitrogens with one attached hydrogen (secondary N) is 2. The van der Waals surface area contributed by atoms with Crippen molar-refractivity contribution in [2.24, 2.45) is 0 Å². The Hall–Kier alpha value is -6.68. The van der Waals surface area contributed by atoms with Crippen LogP contribution in [0.25, 0.3) is 90.9 Å². The molecule has 0 spiro atoms. The summed E-state index contributed by atoms with van der Waals surface area (Å²) in [6.45, 7) is 3.61. The van der Waals surface area contributed by atoms with Crippen LogP contribution in [-0.2, 0) is 26.2 Å². The van der Waals surface area contributed by atoms with Crippen LogP contribution in [0, 0.1) is 0 Å². The van der Waals surface area contributed by atoms with E-state index in [4.69, 9.17) is 9.97 Å². The zero-order chi connectivity index (χ0) is 48.2. The Morgan fingerprint density at radius 1 is 0.309 bits per heavy atom. The molecule has 68 heavy (non-hydrogen) atoms. The van der Waals surface area contributed by atoms with Crippen LogP contribution in [0.3, 0.4) is 0 Å². The lowest BCUT2D eigenvalue weighted by Crippen LogP contribution is -2.33. The van der Waals surface area contributed by atoms with Gasteiger partial charge >= 0.3 is 0 Å². The van der Waals surface area contributed by atoms with Crippen LogP contribution in [0.2, 0.25) is 0 Å². The zero-order valence-corrected chi connectivity index (χ0v) is 42.4. The van der Waals surface area contributed by atoms with Crippen LogP contribution in [-0.4, -0.2) is 122 Å². The molecule has 0 unspecified atom stereocenters. The molecule has 5 heterocycles. The van der Waals surface area contributed by atoms with Gasteiger partial charge in [0.1, 0.15) is 26.2 Å². The molecule has 8 nitrogen and oxygen atoms in total. The molecule has 0 radical (unpaired) electrons. The highest BCUT2D eigenvalue weighted by Gasteiger charge is 2.22. The highest BCUT2D eigenvalue weighted by Crippen LogP contribution is 2.39. The predicted octanol–water partition coefficient (Wildman–Crippen LogP) is 12.1. The SMILES string of the molecule is C[N+](C)(C)Cc1cccc(-c2c3nc(c(-c4cccc(C[N+](C)(C)C)c4)c4ccc([nH]4)c(-c4cccc(C[N+](C)(C)C)c4)c4ccc([nH]4)c(-c4cccc(C[N+](C)(C)C)c4)c4nc2C=C4)C=C3)c1. The summed E-state index contributed by atoms with van der Waals surface area (Å²) in [5.41, 5.74) is 21.5. The van der Waals surface area contributed by atoms with Crippen molar-refractivity contribution >= 4 is 46.4 Å². The second-order valence-corrected chi connectivity index (χ2v) is 23.1. The lowest BCUT2D eigenvalue weighted by molar-refractivity contribution is -0.884. The van der Waals surface area contributed by atoms with Crippen molar-refractivity contribution in [1.29, 1.82) is 0 Å². The summed E-state index contributed by atoms with van der Waals surface area (Å²) >= 11 is 0. The van der Waals surface area contributed by atoms with Gasteiger partial charge in [-0.25, -0.2) is 9.97 Å². The fourth-order valence-electron chi connectivity index (χ4n) is 9.91. The van der Waals surface area contributed by atoms with Crippen molar-refractivity contribution in [2.45, 2.75) is 26.2 Å². The quantitative estimate of drug-likeness (QED) is 0.120. The molecule has 2 aliphatic rings. The Morgan fingerprint density at radius 3 is 0.853 bits per heavy atom. The molecule has 0 aliphatic carbocycles. The molecule has 0 amide bonds. The van der Waals surface area contributed by atoms with Crippen LogP contribution >= 0.6 is 0 Å². The van der Waals surface area contributed by atoms with Crippen molar-refractivity contribution in [3.63, 3.8) is 0 Å². The molecule has 3 aromatic heterocycles. The van der Waals surface area contributed by atoms with E-state index in [1.165, 1.54) is 22.3 Å². The Morgan fingerprint density at radius 2 is 0.559 bits per heavy atom. The van der Waals surface area contributed by atoms with E-state index in [0.29, 0.717) is 0 Å². The Bertz CT molecular complexity index is 3120. The van der Waals surface area contributed by atoms with E-state index >= 15 is 0 Å². The standard InChI is InChI=1S/C60H70N8/c1-65(2,3)37-41-17-13-21-45(33-41)57-49-25-27-51(61-49)58(46-22-14-18-42(34-46)38-66(4,5)6)53-29-31-55(63-53)60(48-24-16-20-44(36-48)40-68(10,11)12)56-32-30-54(64-56)59(52-28-26-50(57)62-52)47-23-15-19-43(35-47)39-67(7,8)9/h13-36,61-62H,37-40H2,1-12H3/q+4. The van der Waals surface area contributed by atoms with Gasteiger partial charge in [0.05, 0.1) is 107 Å². The van der Waals surface area contributed by atoms with Gasteiger partial charge in [-0.3, -0.25) is 0 Å². The fraction of sp³-hybridized carbons (Fsp3) is 0.267. The van der Waals surface area contributed by atoms with E-state index in [2.05, 4.69) is 240 Å². The number of quaternary nitrogens is 4. The Balaban J connectivity index is 1.42. The summed E-state index contributed by atoms with van der Waals surface area (Å²) in [5.74, 6) is 0. The average Bonchev–Trinajstić information content (AvgIpc) is 4.07. The largest absolute Gasteiger partial charge is 0.354 e. The van der Waals surface area contributed by atoms with Crippen molar-refractivity contribution in [3.8, 4) is 44.5 Å². The second kappa shape index (κ2) is 17.8. The van der Waals surface area contributed by atoms with Crippen LogP contribution in [0.5, 0.6) is 0 Å². The number of nitrogens with zero attached hydrogens (tertiary/aromatic N) is 6. The molecule has 8 heteroatoms.